The lowest BCUT2D eigenvalue weighted by molar-refractivity contribution is 0.101. The van der Waals surface area contributed by atoms with Crippen LogP contribution in [0.4, 0.5) is 10.5 Å². The lowest BCUT2D eigenvalue weighted by atomic mass is 10.1. The third kappa shape index (κ3) is 3.23. The maximum Gasteiger partial charge on any atom is 0.419 e. The fourth-order valence-corrected chi connectivity index (χ4v) is 1.70. The second-order valence-electron chi connectivity index (χ2n) is 4.35. The molecule has 2 aromatic rings. The molecule has 1 amide bonds. The number of Topliss-reactive ketones (excluding diaryl/α,β-unsaturated/α-hetero) is 1. The number of carbonyl (C=O) groups is 2. The van der Waals surface area contributed by atoms with Crippen molar-refractivity contribution in [1.82, 2.24) is 0 Å². The lowest BCUT2D eigenvalue weighted by Gasteiger charge is -2.16. The molecule has 102 valence electrons. The first-order chi connectivity index (χ1) is 9.58. The summed E-state index contributed by atoms with van der Waals surface area (Å²) in [5.41, 5.74) is 1.25. The molecule has 0 radical (unpaired) electrons. The fraction of sp³-hybridized carbons (Fsp3) is 0.125. The van der Waals surface area contributed by atoms with Gasteiger partial charge in [0.25, 0.3) is 0 Å². The Balaban J connectivity index is 2.12. The maximum atomic E-state index is 12.0. The number of benzene rings is 2. The van der Waals surface area contributed by atoms with Crippen molar-refractivity contribution in [3.05, 3.63) is 60.2 Å². The fourth-order valence-electron chi connectivity index (χ4n) is 1.70. The Morgan fingerprint density at radius 1 is 1.00 bits per heavy atom. The van der Waals surface area contributed by atoms with Crippen LogP contribution in [0.1, 0.15) is 17.3 Å². The van der Waals surface area contributed by atoms with Crippen LogP contribution >= 0.6 is 0 Å². The Bertz CT molecular complexity index is 623. The number of carbonyl (C=O) groups excluding carboxylic acids is 2. The highest BCUT2D eigenvalue weighted by Gasteiger charge is 2.13. The van der Waals surface area contributed by atoms with Gasteiger partial charge in [0.05, 0.1) is 0 Å². The first-order valence-corrected chi connectivity index (χ1v) is 6.19. The molecule has 0 saturated carbocycles. The molecule has 0 fully saturated rings. The van der Waals surface area contributed by atoms with E-state index in [1.807, 2.05) is 30.3 Å². The minimum absolute atomic E-state index is 0.0701. The number of para-hydroxylation sites is 1. The molecular weight excluding hydrogens is 254 g/mol. The first kappa shape index (κ1) is 13.8. The molecule has 4 nitrogen and oxygen atoms in total. The summed E-state index contributed by atoms with van der Waals surface area (Å²) in [6.07, 6.45) is -0.503. The van der Waals surface area contributed by atoms with Crippen molar-refractivity contribution in [2.45, 2.75) is 6.92 Å². The lowest BCUT2D eigenvalue weighted by Crippen LogP contribution is -2.29. The van der Waals surface area contributed by atoms with Crippen LogP contribution < -0.4 is 9.64 Å². The van der Waals surface area contributed by atoms with Gasteiger partial charge in [-0.05, 0) is 31.2 Å². The molecule has 0 bridgehead atoms. The number of hydrogen-bond donors (Lipinski definition) is 0. The number of rotatable bonds is 3. The third-order valence-corrected chi connectivity index (χ3v) is 2.86. The number of ether oxygens (including phenoxy) is 1. The summed E-state index contributed by atoms with van der Waals surface area (Å²) < 4.78 is 5.26. The number of ketones is 1. The molecule has 0 aliphatic rings. The minimum Gasteiger partial charge on any atom is -0.410 e. The second-order valence-corrected chi connectivity index (χ2v) is 4.35. The van der Waals surface area contributed by atoms with Gasteiger partial charge in [0, 0.05) is 18.3 Å². The summed E-state index contributed by atoms with van der Waals surface area (Å²) in [5.74, 6) is 0.282. The van der Waals surface area contributed by atoms with E-state index in [1.54, 1.807) is 31.3 Å². The zero-order valence-corrected chi connectivity index (χ0v) is 11.4. The summed E-state index contributed by atoms with van der Waals surface area (Å²) >= 11 is 0. The monoisotopic (exact) mass is 269 g/mol. The summed E-state index contributed by atoms with van der Waals surface area (Å²) in [5, 5.41) is 0. The third-order valence-electron chi connectivity index (χ3n) is 2.86. The normalized spacial score (nSPS) is 9.90. The van der Waals surface area contributed by atoms with Crippen LogP contribution in [0.25, 0.3) is 0 Å². The molecule has 4 heteroatoms. The Kier molecular flexibility index (Phi) is 4.15. The van der Waals surface area contributed by atoms with Crippen molar-refractivity contribution in [3.63, 3.8) is 0 Å². The first-order valence-electron chi connectivity index (χ1n) is 6.19. The SMILES string of the molecule is CC(=O)c1cccc(OC(=O)N(C)c2ccccc2)c1. The highest BCUT2D eigenvalue weighted by atomic mass is 16.6. The largest absolute Gasteiger partial charge is 0.419 e. The smallest absolute Gasteiger partial charge is 0.410 e. The molecule has 0 unspecified atom stereocenters. The molecule has 0 N–H and O–H groups in total. The van der Waals surface area contributed by atoms with E-state index < -0.39 is 6.09 Å². The Hall–Kier alpha value is -2.62. The topological polar surface area (TPSA) is 46.6 Å². The summed E-state index contributed by atoms with van der Waals surface area (Å²) in [6, 6.07) is 15.7. The van der Waals surface area contributed by atoms with Crippen LogP contribution in [0.3, 0.4) is 0 Å². The van der Waals surface area contributed by atoms with Crippen LogP contribution in [0.5, 0.6) is 5.75 Å². The van der Waals surface area contributed by atoms with Gasteiger partial charge in [-0.1, -0.05) is 30.3 Å². The predicted molar refractivity (Wildman–Crippen MR) is 77.3 cm³/mol. The second kappa shape index (κ2) is 6.02. The van der Waals surface area contributed by atoms with Crippen molar-refractivity contribution >= 4 is 17.6 Å². The van der Waals surface area contributed by atoms with Crippen LogP contribution in [0, 0.1) is 0 Å². The van der Waals surface area contributed by atoms with Crippen molar-refractivity contribution in [1.29, 1.82) is 0 Å². The molecule has 0 aliphatic carbocycles. The molecule has 0 saturated heterocycles. The van der Waals surface area contributed by atoms with Crippen LogP contribution in [0.15, 0.2) is 54.6 Å². The number of amides is 1. The van der Waals surface area contributed by atoms with Crippen LogP contribution in [-0.4, -0.2) is 18.9 Å². The highest BCUT2D eigenvalue weighted by Crippen LogP contribution is 2.17. The number of hydrogen-bond acceptors (Lipinski definition) is 3. The van der Waals surface area contributed by atoms with Gasteiger partial charge in [-0.15, -0.1) is 0 Å². The van der Waals surface area contributed by atoms with Crippen LogP contribution in [0.2, 0.25) is 0 Å². The van der Waals surface area contributed by atoms with Crippen molar-refractivity contribution in [3.8, 4) is 5.75 Å². The number of nitrogens with zero attached hydrogens (tertiary/aromatic N) is 1. The zero-order valence-electron chi connectivity index (χ0n) is 11.4. The van der Waals surface area contributed by atoms with E-state index in [0.29, 0.717) is 11.3 Å². The number of anilines is 1. The predicted octanol–water partition coefficient (Wildman–Crippen LogP) is 3.52. The molecule has 0 aliphatic heterocycles. The van der Waals surface area contributed by atoms with Gasteiger partial charge in [0.2, 0.25) is 0 Å². The van der Waals surface area contributed by atoms with Gasteiger partial charge in [-0.2, -0.15) is 0 Å². The highest BCUT2D eigenvalue weighted by molar-refractivity contribution is 5.95. The van der Waals surface area contributed by atoms with Gasteiger partial charge in [-0.25, -0.2) is 4.79 Å². The van der Waals surface area contributed by atoms with Gasteiger partial charge in [0.15, 0.2) is 5.78 Å². The molecule has 2 rings (SSSR count). The molecule has 0 aromatic heterocycles. The minimum atomic E-state index is -0.503. The van der Waals surface area contributed by atoms with Crippen molar-refractivity contribution in [2.24, 2.45) is 0 Å². The van der Waals surface area contributed by atoms with Gasteiger partial charge >= 0.3 is 6.09 Å². The Morgan fingerprint density at radius 2 is 1.70 bits per heavy atom. The summed E-state index contributed by atoms with van der Waals surface area (Å²) in [4.78, 5) is 24.7. The Labute approximate surface area is 117 Å². The average molecular weight is 269 g/mol. The summed E-state index contributed by atoms with van der Waals surface area (Å²) in [6.45, 7) is 1.47. The van der Waals surface area contributed by atoms with E-state index in [0.717, 1.165) is 5.69 Å². The van der Waals surface area contributed by atoms with Crippen molar-refractivity contribution < 1.29 is 14.3 Å². The van der Waals surface area contributed by atoms with Gasteiger partial charge < -0.3 is 4.74 Å². The average Bonchev–Trinajstić information content (AvgIpc) is 2.47. The van der Waals surface area contributed by atoms with E-state index in [9.17, 15) is 9.59 Å². The van der Waals surface area contributed by atoms with E-state index in [-0.39, 0.29) is 5.78 Å². The van der Waals surface area contributed by atoms with E-state index >= 15 is 0 Å². The Morgan fingerprint density at radius 3 is 2.35 bits per heavy atom. The zero-order chi connectivity index (χ0) is 14.5. The summed E-state index contributed by atoms with van der Waals surface area (Å²) in [7, 11) is 1.63. The molecule has 0 spiro atoms. The molecular formula is C16H15NO3. The molecule has 20 heavy (non-hydrogen) atoms. The quantitative estimate of drug-likeness (QED) is 0.801. The molecule has 2 aromatic carbocycles. The van der Waals surface area contributed by atoms with E-state index in [1.165, 1.54) is 11.8 Å². The van der Waals surface area contributed by atoms with Crippen LogP contribution in [-0.2, 0) is 0 Å². The van der Waals surface area contributed by atoms with Crippen molar-refractivity contribution in [2.75, 3.05) is 11.9 Å². The van der Waals surface area contributed by atoms with Gasteiger partial charge in [-0.3, -0.25) is 9.69 Å². The van der Waals surface area contributed by atoms with E-state index in [4.69, 9.17) is 4.74 Å². The maximum absolute atomic E-state index is 12.0. The standard InChI is InChI=1S/C16H15NO3/c1-12(18)13-7-6-10-15(11-13)20-16(19)17(2)14-8-4-3-5-9-14/h3-11H,1-2H3. The molecule has 0 atom stereocenters. The van der Waals surface area contributed by atoms with E-state index in [2.05, 4.69) is 0 Å². The van der Waals surface area contributed by atoms with Gasteiger partial charge in [0.1, 0.15) is 5.75 Å². The molecule has 0 heterocycles.